The van der Waals surface area contributed by atoms with Crippen LogP contribution in [0.5, 0.6) is 0 Å². The van der Waals surface area contributed by atoms with Crippen LogP contribution in [0.3, 0.4) is 0 Å². The van der Waals surface area contributed by atoms with Crippen molar-refractivity contribution in [2.45, 2.75) is 33.1 Å². The molecule has 0 aliphatic rings. The second kappa shape index (κ2) is 5.73. The molecule has 0 heterocycles. The molecule has 104 valence electrons. The number of hydrogen-bond donors (Lipinski definition) is 2. The number of carboxylic acids is 1. The summed E-state index contributed by atoms with van der Waals surface area (Å²) in [5.41, 5.74) is 1.09. The van der Waals surface area contributed by atoms with Gasteiger partial charge in [0.25, 0.3) is 0 Å². The number of carbonyl (C=O) groups excluding carboxylic acids is 1. The van der Waals surface area contributed by atoms with E-state index in [1.165, 1.54) is 6.07 Å². The molecule has 0 fully saturated rings. The maximum atomic E-state index is 11.4. The number of hydrogen-bond acceptors (Lipinski definition) is 3. The third-order valence-corrected chi connectivity index (χ3v) is 2.63. The molecule has 0 bridgehead atoms. The van der Waals surface area contributed by atoms with Crippen LogP contribution in [-0.4, -0.2) is 23.8 Å². The first kappa shape index (κ1) is 15.0. The number of carboxylic acid groups (broad SMARTS) is 1. The minimum atomic E-state index is -1.09. The van der Waals surface area contributed by atoms with Gasteiger partial charge < -0.3 is 9.84 Å². The maximum Gasteiger partial charge on any atom is 0.411 e. The van der Waals surface area contributed by atoms with Crippen molar-refractivity contribution in [3.05, 3.63) is 29.3 Å². The molecular weight excluding hydrogens is 246 g/mol. The molecule has 0 spiro atoms. The first-order valence-electron chi connectivity index (χ1n) is 6.07. The Morgan fingerprint density at radius 1 is 1.32 bits per heavy atom. The molecular formula is C14H19NO4. The molecule has 1 aromatic rings. The first-order valence-corrected chi connectivity index (χ1v) is 6.07. The predicted molar refractivity (Wildman–Crippen MR) is 72.7 cm³/mol. The van der Waals surface area contributed by atoms with Gasteiger partial charge in [0.05, 0.1) is 17.9 Å². The van der Waals surface area contributed by atoms with Gasteiger partial charge in [0.1, 0.15) is 0 Å². The van der Waals surface area contributed by atoms with Gasteiger partial charge in [-0.1, -0.05) is 26.8 Å². The Morgan fingerprint density at radius 3 is 2.42 bits per heavy atom. The van der Waals surface area contributed by atoms with Gasteiger partial charge in [-0.05, 0) is 30.0 Å². The third-order valence-electron chi connectivity index (χ3n) is 2.63. The van der Waals surface area contributed by atoms with E-state index < -0.39 is 12.1 Å². The molecule has 1 aromatic carbocycles. The minimum Gasteiger partial charge on any atom is -0.478 e. The van der Waals surface area contributed by atoms with Gasteiger partial charge in [0.2, 0.25) is 0 Å². The van der Waals surface area contributed by atoms with E-state index >= 15 is 0 Å². The molecule has 0 saturated heterocycles. The lowest BCUT2D eigenvalue weighted by molar-refractivity contribution is 0.0698. The van der Waals surface area contributed by atoms with Gasteiger partial charge in [-0.25, -0.2) is 9.59 Å². The van der Waals surface area contributed by atoms with Crippen LogP contribution in [0, 0.1) is 0 Å². The van der Waals surface area contributed by atoms with Crippen molar-refractivity contribution < 1.29 is 19.4 Å². The molecule has 0 aromatic heterocycles. The third kappa shape index (κ3) is 3.98. The highest BCUT2D eigenvalue weighted by molar-refractivity contribution is 5.98. The fourth-order valence-corrected chi connectivity index (χ4v) is 1.58. The molecule has 2 N–H and O–H groups in total. The molecule has 0 saturated carbocycles. The summed E-state index contributed by atoms with van der Waals surface area (Å²) in [7, 11) is 0. The summed E-state index contributed by atoms with van der Waals surface area (Å²) in [6.45, 7) is 7.95. The molecule has 0 radical (unpaired) electrons. The van der Waals surface area contributed by atoms with Gasteiger partial charge in [0.15, 0.2) is 0 Å². The maximum absolute atomic E-state index is 11.4. The number of amides is 1. The number of nitrogens with one attached hydrogen (secondary N) is 1. The lowest BCUT2D eigenvalue weighted by Crippen LogP contribution is -2.18. The van der Waals surface area contributed by atoms with Crippen LogP contribution in [0.2, 0.25) is 0 Å². The second-order valence-corrected chi connectivity index (χ2v) is 5.16. The fraction of sp³-hybridized carbons (Fsp3) is 0.429. The van der Waals surface area contributed by atoms with Crippen molar-refractivity contribution in [3.63, 3.8) is 0 Å². The Morgan fingerprint density at radius 2 is 1.95 bits per heavy atom. The van der Waals surface area contributed by atoms with E-state index in [0.29, 0.717) is 0 Å². The summed E-state index contributed by atoms with van der Waals surface area (Å²) in [6.07, 6.45) is -0.656. The van der Waals surface area contributed by atoms with E-state index in [4.69, 9.17) is 9.84 Å². The van der Waals surface area contributed by atoms with Crippen molar-refractivity contribution in [3.8, 4) is 0 Å². The van der Waals surface area contributed by atoms with E-state index in [0.717, 1.165) is 5.56 Å². The van der Waals surface area contributed by atoms with Crippen LogP contribution in [0.4, 0.5) is 10.5 Å². The lowest BCUT2D eigenvalue weighted by atomic mass is 9.86. The van der Waals surface area contributed by atoms with E-state index in [-0.39, 0.29) is 23.3 Å². The topological polar surface area (TPSA) is 75.6 Å². The van der Waals surface area contributed by atoms with Crippen molar-refractivity contribution in [1.82, 2.24) is 0 Å². The van der Waals surface area contributed by atoms with Crippen LogP contribution < -0.4 is 5.32 Å². The number of carbonyl (C=O) groups is 2. The van der Waals surface area contributed by atoms with E-state index in [2.05, 4.69) is 5.32 Å². The van der Waals surface area contributed by atoms with Crippen LogP contribution >= 0.6 is 0 Å². The summed E-state index contributed by atoms with van der Waals surface area (Å²) in [4.78, 5) is 22.6. The highest BCUT2D eigenvalue weighted by Gasteiger charge is 2.19. The summed E-state index contributed by atoms with van der Waals surface area (Å²) in [5.74, 6) is -1.09. The number of anilines is 1. The first-order chi connectivity index (χ1) is 8.75. The monoisotopic (exact) mass is 265 g/mol. The normalized spacial score (nSPS) is 10.9. The molecule has 0 unspecified atom stereocenters. The minimum absolute atomic E-state index is 0.0426. The quantitative estimate of drug-likeness (QED) is 0.879. The lowest BCUT2D eigenvalue weighted by Gasteiger charge is -2.20. The smallest absolute Gasteiger partial charge is 0.411 e. The number of ether oxygens (including phenoxy) is 1. The highest BCUT2D eigenvalue weighted by atomic mass is 16.5. The molecule has 5 nitrogen and oxygen atoms in total. The summed E-state index contributed by atoms with van der Waals surface area (Å²) in [6, 6.07) is 4.91. The molecule has 5 heteroatoms. The van der Waals surface area contributed by atoms with Crippen molar-refractivity contribution >= 4 is 17.7 Å². The second-order valence-electron chi connectivity index (χ2n) is 5.16. The average molecular weight is 265 g/mol. The van der Waals surface area contributed by atoms with E-state index in [1.807, 2.05) is 20.8 Å². The highest BCUT2D eigenvalue weighted by Crippen LogP contribution is 2.27. The van der Waals surface area contributed by atoms with E-state index in [9.17, 15) is 9.59 Å². The van der Waals surface area contributed by atoms with Crippen molar-refractivity contribution in [2.24, 2.45) is 0 Å². The molecule has 1 amide bonds. The van der Waals surface area contributed by atoms with Crippen molar-refractivity contribution in [2.75, 3.05) is 11.9 Å². The Labute approximate surface area is 112 Å². The zero-order valence-corrected chi connectivity index (χ0v) is 11.6. The number of rotatable bonds is 3. The SMILES string of the molecule is CCOC(=O)Nc1cc(C(C)(C)C)ccc1C(=O)O. The molecule has 19 heavy (non-hydrogen) atoms. The van der Waals surface area contributed by atoms with Gasteiger partial charge in [-0.3, -0.25) is 5.32 Å². The summed E-state index contributed by atoms with van der Waals surface area (Å²) in [5, 5.41) is 11.6. The van der Waals surface area contributed by atoms with Crippen LogP contribution in [0.15, 0.2) is 18.2 Å². The van der Waals surface area contributed by atoms with Gasteiger partial charge >= 0.3 is 12.1 Å². The summed E-state index contributed by atoms with van der Waals surface area (Å²) < 4.78 is 4.76. The Bertz CT molecular complexity index is 489. The van der Waals surface area contributed by atoms with Gasteiger partial charge in [-0.2, -0.15) is 0 Å². The van der Waals surface area contributed by atoms with E-state index in [1.54, 1.807) is 19.1 Å². The van der Waals surface area contributed by atoms with Crippen molar-refractivity contribution in [1.29, 1.82) is 0 Å². The zero-order chi connectivity index (χ0) is 14.6. The standard InChI is InChI=1S/C14H19NO4/c1-5-19-13(18)15-11-8-9(14(2,3)4)6-7-10(11)12(16)17/h6-8H,5H2,1-4H3,(H,15,18)(H,16,17). The molecule has 1 rings (SSSR count). The predicted octanol–water partition coefficient (Wildman–Crippen LogP) is 3.25. The van der Waals surface area contributed by atoms with Crippen LogP contribution in [0.1, 0.15) is 43.6 Å². The summed E-state index contributed by atoms with van der Waals surface area (Å²) >= 11 is 0. The fourth-order valence-electron chi connectivity index (χ4n) is 1.58. The van der Waals surface area contributed by atoms with Crippen LogP contribution in [-0.2, 0) is 10.2 Å². The van der Waals surface area contributed by atoms with Gasteiger partial charge in [-0.15, -0.1) is 0 Å². The Kier molecular flexibility index (Phi) is 4.53. The Balaban J connectivity index is 3.16. The molecule has 0 atom stereocenters. The number of benzene rings is 1. The molecule has 0 aliphatic carbocycles. The zero-order valence-electron chi connectivity index (χ0n) is 11.6. The number of aromatic carboxylic acids is 1. The van der Waals surface area contributed by atoms with Crippen LogP contribution in [0.25, 0.3) is 0 Å². The average Bonchev–Trinajstić information content (AvgIpc) is 2.27. The van der Waals surface area contributed by atoms with Gasteiger partial charge in [0, 0.05) is 0 Å². The molecule has 0 aliphatic heterocycles. The Hall–Kier alpha value is -2.04. The largest absolute Gasteiger partial charge is 0.478 e.